The fourth-order valence-electron chi connectivity index (χ4n) is 3.35. The fourth-order valence-corrected chi connectivity index (χ4v) is 3.35. The molecule has 31 heavy (non-hydrogen) atoms. The number of aromatic amines is 1. The van der Waals surface area contributed by atoms with E-state index in [1.54, 1.807) is 6.07 Å². The van der Waals surface area contributed by atoms with Gasteiger partial charge in [-0.1, -0.05) is 42.5 Å². The number of H-pyrrole nitrogens is 1. The maximum absolute atomic E-state index is 13.0. The molecular formula is C24H23N3O4. The Bertz CT molecular complexity index is 1260. The van der Waals surface area contributed by atoms with Gasteiger partial charge in [0.2, 0.25) is 0 Å². The lowest BCUT2D eigenvalue weighted by molar-refractivity contribution is -0.143. The normalized spacial score (nSPS) is 12.6. The third kappa shape index (κ3) is 3.94. The first kappa shape index (κ1) is 20.4. The quantitative estimate of drug-likeness (QED) is 0.430. The predicted molar refractivity (Wildman–Crippen MR) is 118 cm³/mol. The summed E-state index contributed by atoms with van der Waals surface area (Å²) in [6, 6.07) is 18.7. The first-order valence-electron chi connectivity index (χ1n) is 9.95. The van der Waals surface area contributed by atoms with Crippen molar-refractivity contribution in [3.63, 3.8) is 0 Å². The first-order valence-corrected chi connectivity index (χ1v) is 9.95. The number of imidazole rings is 1. The minimum atomic E-state index is -1.43. The molecule has 0 radical (unpaired) electrons. The molecule has 1 heterocycles. The van der Waals surface area contributed by atoms with Crippen molar-refractivity contribution in [2.24, 2.45) is 0 Å². The van der Waals surface area contributed by atoms with Crippen molar-refractivity contribution >= 4 is 33.7 Å². The Kier molecular flexibility index (Phi) is 5.10. The summed E-state index contributed by atoms with van der Waals surface area (Å²) in [5.41, 5.74) is 0.555. The van der Waals surface area contributed by atoms with Crippen LogP contribution >= 0.6 is 0 Å². The molecule has 1 unspecified atom stereocenters. The van der Waals surface area contributed by atoms with Gasteiger partial charge in [0.25, 0.3) is 5.91 Å². The zero-order chi connectivity index (χ0) is 22.2. The number of nitrogens with one attached hydrogen (secondary N) is 2. The number of rotatable bonds is 6. The summed E-state index contributed by atoms with van der Waals surface area (Å²) in [6.45, 7) is 4.72. The van der Waals surface area contributed by atoms with Gasteiger partial charge < -0.3 is 20.1 Å². The van der Waals surface area contributed by atoms with Crippen LogP contribution in [0.3, 0.4) is 0 Å². The van der Waals surface area contributed by atoms with Crippen molar-refractivity contribution in [1.29, 1.82) is 0 Å². The number of carbonyl (C=O) groups is 2. The minimum absolute atomic E-state index is 0.260. The van der Waals surface area contributed by atoms with E-state index in [2.05, 4.69) is 15.3 Å². The highest BCUT2D eigenvalue weighted by Crippen LogP contribution is 2.33. The Morgan fingerprint density at radius 2 is 1.77 bits per heavy atom. The highest BCUT2D eigenvalue weighted by molar-refractivity contribution is 6.05. The molecule has 1 amide bonds. The smallest absolute Gasteiger partial charge is 0.328 e. The second-order valence-corrected chi connectivity index (χ2v) is 7.95. The summed E-state index contributed by atoms with van der Waals surface area (Å²) >= 11 is 0. The first-order chi connectivity index (χ1) is 14.8. The van der Waals surface area contributed by atoms with E-state index >= 15 is 0 Å². The number of carboxylic acid groups (broad SMARTS) is 1. The molecular weight excluding hydrogens is 394 g/mol. The number of aliphatic carboxylic acids is 1. The molecule has 0 spiro atoms. The van der Waals surface area contributed by atoms with Gasteiger partial charge >= 0.3 is 5.97 Å². The van der Waals surface area contributed by atoms with Crippen molar-refractivity contribution < 1.29 is 19.4 Å². The summed E-state index contributed by atoms with van der Waals surface area (Å²) in [6.07, 6.45) is -0.475. The largest absolute Gasteiger partial charge is 0.481 e. The van der Waals surface area contributed by atoms with Crippen LogP contribution in [0.1, 0.15) is 43.1 Å². The Balaban J connectivity index is 1.75. The van der Waals surface area contributed by atoms with Gasteiger partial charge in [0.15, 0.2) is 6.10 Å². The van der Waals surface area contributed by atoms with Gasteiger partial charge in [0.05, 0.1) is 16.6 Å². The van der Waals surface area contributed by atoms with Crippen LogP contribution in [0.25, 0.3) is 21.8 Å². The molecule has 0 aliphatic rings. The molecule has 1 atom stereocenters. The molecule has 0 saturated heterocycles. The highest BCUT2D eigenvalue weighted by atomic mass is 16.5. The van der Waals surface area contributed by atoms with Gasteiger partial charge in [-0.15, -0.1) is 0 Å². The predicted octanol–water partition coefficient (Wildman–Crippen LogP) is 4.45. The number of fused-ring (bicyclic) bond motifs is 2. The zero-order valence-electron chi connectivity index (χ0n) is 17.5. The Morgan fingerprint density at radius 1 is 1.06 bits per heavy atom. The third-order valence-corrected chi connectivity index (χ3v) is 5.17. The third-order valence-electron chi connectivity index (χ3n) is 5.17. The number of para-hydroxylation sites is 2. The van der Waals surface area contributed by atoms with Gasteiger partial charge in [-0.2, -0.15) is 0 Å². The Hall–Kier alpha value is -3.87. The molecule has 158 valence electrons. The van der Waals surface area contributed by atoms with Crippen molar-refractivity contribution in [3.05, 3.63) is 72.1 Å². The Morgan fingerprint density at radius 3 is 2.52 bits per heavy atom. The van der Waals surface area contributed by atoms with E-state index in [4.69, 9.17) is 4.74 Å². The lowest BCUT2D eigenvalue weighted by Crippen LogP contribution is -2.49. The van der Waals surface area contributed by atoms with Crippen LogP contribution in [0.15, 0.2) is 60.7 Å². The number of carboxylic acids is 1. The van der Waals surface area contributed by atoms with E-state index in [1.165, 1.54) is 13.8 Å². The van der Waals surface area contributed by atoms with Crippen molar-refractivity contribution in [3.8, 4) is 5.75 Å². The summed E-state index contributed by atoms with van der Waals surface area (Å²) in [5, 5.41) is 13.6. The maximum atomic E-state index is 13.0. The van der Waals surface area contributed by atoms with Crippen molar-refractivity contribution in [1.82, 2.24) is 15.3 Å². The number of amides is 1. The zero-order valence-corrected chi connectivity index (χ0v) is 17.5. The van der Waals surface area contributed by atoms with Crippen LogP contribution in [0, 0.1) is 0 Å². The topological polar surface area (TPSA) is 104 Å². The second-order valence-electron chi connectivity index (χ2n) is 7.95. The number of benzene rings is 3. The average Bonchev–Trinajstić information content (AvgIpc) is 3.18. The van der Waals surface area contributed by atoms with Crippen LogP contribution in [-0.2, 0) is 4.79 Å². The number of hydrogen-bond donors (Lipinski definition) is 3. The molecule has 0 aliphatic heterocycles. The molecule has 0 fully saturated rings. The number of hydrogen-bond acceptors (Lipinski definition) is 4. The summed E-state index contributed by atoms with van der Waals surface area (Å²) in [7, 11) is 0. The van der Waals surface area contributed by atoms with Crippen LogP contribution in [0.4, 0.5) is 0 Å². The van der Waals surface area contributed by atoms with Crippen LogP contribution < -0.4 is 10.1 Å². The SMILES string of the molecule is CC(Oc1c(C(=O)NC(C)(C)C(=O)O)ccc2ccccc12)c1nc2ccccc2[nH]1. The van der Waals surface area contributed by atoms with Crippen LogP contribution in [-0.4, -0.2) is 32.5 Å². The number of aromatic nitrogens is 2. The number of ether oxygens (including phenoxy) is 1. The van der Waals surface area contributed by atoms with Crippen molar-refractivity contribution in [2.45, 2.75) is 32.4 Å². The van der Waals surface area contributed by atoms with Gasteiger partial charge in [0.1, 0.15) is 17.1 Å². The molecule has 4 rings (SSSR count). The molecule has 0 bridgehead atoms. The lowest BCUT2D eigenvalue weighted by atomic mass is 10.0. The van der Waals surface area contributed by atoms with E-state index in [1.807, 2.05) is 61.5 Å². The van der Waals surface area contributed by atoms with Crippen LogP contribution in [0.5, 0.6) is 5.75 Å². The monoisotopic (exact) mass is 417 g/mol. The molecule has 7 heteroatoms. The molecule has 3 N–H and O–H groups in total. The van der Waals surface area contributed by atoms with Gasteiger partial charge in [0, 0.05) is 5.39 Å². The van der Waals surface area contributed by atoms with Crippen molar-refractivity contribution in [2.75, 3.05) is 0 Å². The highest BCUT2D eigenvalue weighted by Gasteiger charge is 2.31. The van der Waals surface area contributed by atoms with Gasteiger partial charge in [-0.3, -0.25) is 4.79 Å². The van der Waals surface area contributed by atoms with Gasteiger partial charge in [-0.25, -0.2) is 9.78 Å². The Labute approximate surface area is 179 Å². The van der Waals surface area contributed by atoms with E-state index in [0.717, 1.165) is 21.8 Å². The van der Waals surface area contributed by atoms with E-state index in [-0.39, 0.29) is 5.56 Å². The number of nitrogens with zero attached hydrogens (tertiary/aromatic N) is 1. The fraction of sp³-hybridized carbons (Fsp3) is 0.208. The molecule has 0 aliphatic carbocycles. The molecule has 4 aromatic rings. The minimum Gasteiger partial charge on any atom is -0.481 e. The lowest BCUT2D eigenvalue weighted by Gasteiger charge is -2.23. The van der Waals surface area contributed by atoms with Crippen LogP contribution in [0.2, 0.25) is 0 Å². The maximum Gasteiger partial charge on any atom is 0.328 e. The van der Waals surface area contributed by atoms with E-state index < -0.39 is 23.5 Å². The molecule has 0 saturated carbocycles. The summed E-state index contributed by atoms with van der Waals surface area (Å²) in [5.74, 6) is -0.638. The second kappa shape index (κ2) is 7.75. The summed E-state index contributed by atoms with van der Waals surface area (Å²) in [4.78, 5) is 32.3. The average molecular weight is 417 g/mol. The van der Waals surface area contributed by atoms with E-state index in [0.29, 0.717) is 11.6 Å². The van der Waals surface area contributed by atoms with E-state index in [9.17, 15) is 14.7 Å². The van der Waals surface area contributed by atoms with Gasteiger partial charge in [-0.05, 0) is 44.4 Å². The number of carbonyl (C=O) groups excluding carboxylic acids is 1. The molecule has 1 aromatic heterocycles. The summed E-state index contributed by atoms with van der Waals surface area (Å²) < 4.78 is 6.27. The standard InChI is InChI=1S/C24H23N3O4/c1-14(21-25-18-10-6-7-11-19(18)26-21)31-20-16-9-5-4-8-15(16)12-13-17(20)22(28)27-24(2,3)23(29)30/h4-14H,1-3H3,(H,25,26)(H,27,28)(H,29,30). The molecule has 7 nitrogen and oxygen atoms in total. The molecule has 3 aromatic carbocycles.